The van der Waals surface area contributed by atoms with E-state index in [0.717, 1.165) is 0 Å². The van der Waals surface area contributed by atoms with Crippen molar-refractivity contribution in [3.05, 3.63) is 12.7 Å². The average molecular weight is 503 g/mol. The Morgan fingerprint density at radius 1 is 1.10 bits per heavy atom. The number of phosphoric acid groups is 1. The first-order valence-electron chi connectivity index (χ1n) is 6.32. The van der Waals surface area contributed by atoms with E-state index in [1.165, 1.54) is 12.7 Å². The number of nitrogens with zero attached hydrogens (tertiary/aromatic N) is 4. The summed E-state index contributed by atoms with van der Waals surface area (Å²) in [6.07, 6.45) is 0.543. The Morgan fingerprint density at radius 2 is 1.65 bits per heavy atom. The monoisotopic (exact) mass is 503 g/mol. The Bertz CT molecular complexity index is 753. The topological polar surface area (TPSA) is 386 Å². The predicted molar refractivity (Wildman–Crippen MR) is 109 cm³/mol. The van der Waals surface area contributed by atoms with Crippen LogP contribution >= 0.6 is 7.82 Å². The van der Waals surface area contributed by atoms with Crippen molar-refractivity contribution in [3.63, 3.8) is 0 Å². The van der Waals surface area contributed by atoms with E-state index >= 15 is 0 Å². The smallest absolute Gasteiger partial charge is 0.412 e. The van der Waals surface area contributed by atoms with Gasteiger partial charge in [-0.2, -0.15) is 0 Å². The summed E-state index contributed by atoms with van der Waals surface area (Å²) in [6, 6.07) is 0. The van der Waals surface area contributed by atoms with Crippen LogP contribution in [0.15, 0.2) is 12.7 Å². The van der Waals surface area contributed by atoms with Gasteiger partial charge in [0.2, 0.25) is 0 Å². The zero-order valence-electron chi connectivity index (χ0n) is 16.7. The van der Waals surface area contributed by atoms with Gasteiger partial charge in [0, 0.05) is 65.5 Å². The van der Waals surface area contributed by atoms with Gasteiger partial charge in [-0.25, -0.2) is 19.5 Å². The van der Waals surface area contributed by atoms with Crippen molar-refractivity contribution in [2.24, 2.45) is 0 Å². The number of aromatic nitrogens is 4. The van der Waals surface area contributed by atoms with E-state index in [1.807, 2.05) is 0 Å². The molecule has 178 valence electrons. The molecule has 1 aliphatic heterocycles. The Balaban J connectivity index is -0.000000128. The molecule has 0 aliphatic carbocycles. The number of aliphatic hydroxyl groups excluding tert-OH is 1. The minimum absolute atomic E-state index is 0. The van der Waals surface area contributed by atoms with Gasteiger partial charge in [0.05, 0.1) is 19.0 Å². The summed E-state index contributed by atoms with van der Waals surface area (Å²) in [5.41, 5.74) is 6.55. The van der Waals surface area contributed by atoms with Crippen LogP contribution in [0.25, 0.3) is 11.2 Å². The van der Waals surface area contributed by atoms with Crippen LogP contribution in [-0.2, 0) is 13.8 Å². The largest absolute Gasteiger partial charge is 0.469 e. The molecule has 31 heavy (non-hydrogen) atoms. The summed E-state index contributed by atoms with van der Waals surface area (Å²) in [5.74, 6) is 0.226. The number of nitrogen functional groups attached to an aromatic ring is 1. The molecular formula is C10H28N5Na2O13P. The third kappa shape index (κ3) is 11.7. The third-order valence-electron chi connectivity index (χ3n) is 3.31. The van der Waals surface area contributed by atoms with E-state index in [9.17, 15) is 9.67 Å². The van der Waals surface area contributed by atoms with Crippen molar-refractivity contribution in [3.8, 4) is 0 Å². The van der Waals surface area contributed by atoms with E-state index < -0.39 is 32.9 Å². The molecule has 3 rings (SSSR count). The second kappa shape index (κ2) is 19.6. The molecule has 2 aromatic rings. The fourth-order valence-electron chi connectivity index (χ4n) is 2.29. The molecule has 0 aromatic carbocycles. The van der Waals surface area contributed by atoms with Gasteiger partial charge in [0.1, 0.15) is 24.2 Å². The van der Waals surface area contributed by atoms with Gasteiger partial charge >= 0.3 is 7.82 Å². The fraction of sp³-hybridized carbons (Fsp3) is 0.500. The van der Waals surface area contributed by atoms with Crippen molar-refractivity contribution in [2.45, 2.75) is 24.9 Å². The maximum Gasteiger partial charge on any atom is 0.469 e. The first-order valence-corrected chi connectivity index (χ1v) is 7.85. The summed E-state index contributed by atoms with van der Waals surface area (Å²) < 4.78 is 22.2. The predicted octanol–water partition coefficient (Wildman–Crippen LogP) is -7.37. The van der Waals surface area contributed by atoms with Crippen LogP contribution in [0.3, 0.4) is 0 Å². The number of aliphatic hydroxyl groups is 1. The summed E-state index contributed by atoms with van der Waals surface area (Å²) in [6.45, 7) is -0.425. The molecule has 3 atom stereocenters. The molecule has 1 saturated heterocycles. The summed E-state index contributed by atoms with van der Waals surface area (Å²) in [4.78, 5) is 29.4. The molecule has 19 N–H and O–H groups in total. The molecule has 2 radical (unpaired) electrons. The van der Waals surface area contributed by atoms with E-state index in [-0.39, 0.29) is 110 Å². The Hall–Kier alpha value is 0.1000. The molecule has 0 amide bonds. The number of hydrogen-bond acceptors (Lipinski definition) is 8. The van der Waals surface area contributed by atoms with Crippen LogP contribution in [0.2, 0.25) is 0 Å². The minimum Gasteiger partial charge on any atom is -0.412 e. The summed E-state index contributed by atoms with van der Waals surface area (Å²) in [5, 5.41) is 9.93. The minimum atomic E-state index is -4.62. The number of phosphoric ester groups is 1. The molecule has 21 heteroatoms. The Labute approximate surface area is 219 Å². The molecular weight excluding hydrogens is 475 g/mol. The molecule has 0 bridgehead atoms. The molecule has 0 spiro atoms. The Morgan fingerprint density at radius 3 is 2.16 bits per heavy atom. The van der Waals surface area contributed by atoms with Crippen LogP contribution in [0.1, 0.15) is 12.6 Å². The van der Waals surface area contributed by atoms with Crippen LogP contribution in [0, 0.1) is 0 Å². The maximum absolute atomic E-state index is 10.7. The number of ether oxygens (including phenoxy) is 1. The first kappa shape index (κ1) is 48.5. The molecule has 18 nitrogen and oxygen atoms in total. The number of imidazole rings is 1. The van der Waals surface area contributed by atoms with Crippen molar-refractivity contribution in [1.82, 2.24) is 19.5 Å². The normalized spacial score (nSPS) is 18.4. The van der Waals surface area contributed by atoms with Crippen LogP contribution in [-0.4, -0.2) is 151 Å². The van der Waals surface area contributed by atoms with Crippen molar-refractivity contribution in [2.75, 3.05) is 12.3 Å². The van der Waals surface area contributed by atoms with Crippen LogP contribution in [0.4, 0.5) is 5.82 Å². The van der Waals surface area contributed by atoms with Crippen molar-refractivity contribution in [1.29, 1.82) is 0 Å². The molecule has 3 heterocycles. The van der Waals surface area contributed by atoms with Crippen molar-refractivity contribution < 1.29 is 67.1 Å². The quantitative estimate of drug-likeness (QED) is 0.225. The fourth-order valence-corrected chi connectivity index (χ4v) is 2.63. The second-order valence-corrected chi connectivity index (χ2v) is 6.04. The van der Waals surface area contributed by atoms with E-state index in [2.05, 4.69) is 19.5 Å². The Kier molecular flexibility index (Phi) is 30.6. The van der Waals surface area contributed by atoms with Gasteiger partial charge in [0.15, 0.2) is 11.5 Å². The summed E-state index contributed by atoms with van der Waals surface area (Å²) in [7, 11) is -4.62. The summed E-state index contributed by atoms with van der Waals surface area (Å²) >= 11 is 0. The van der Waals surface area contributed by atoms with E-state index in [0.29, 0.717) is 11.2 Å². The average Bonchev–Trinajstić information content (AvgIpc) is 3.00. The molecule has 0 saturated carbocycles. The molecule has 2 aromatic heterocycles. The van der Waals surface area contributed by atoms with E-state index in [4.69, 9.17) is 20.3 Å². The van der Waals surface area contributed by atoms with Crippen molar-refractivity contribution >= 4 is 83.9 Å². The van der Waals surface area contributed by atoms with Gasteiger partial charge < -0.3 is 63.7 Å². The third-order valence-corrected chi connectivity index (χ3v) is 3.79. The molecule has 0 unspecified atom stereocenters. The number of fused-ring (bicyclic) bond motifs is 1. The van der Waals surface area contributed by atoms with Gasteiger partial charge in [-0.05, 0) is 0 Å². The second-order valence-electron chi connectivity index (χ2n) is 4.80. The molecule has 1 fully saturated rings. The maximum atomic E-state index is 10.7. The van der Waals surface area contributed by atoms with Gasteiger partial charge in [-0.3, -0.25) is 9.09 Å². The number of hydrogen-bond donors (Lipinski definition) is 4. The number of rotatable bonds is 4. The van der Waals surface area contributed by atoms with Gasteiger partial charge in [-0.15, -0.1) is 0 Å². The van der Waals surface area contributed by atoms with E-state index in [1.54, 1.807) is 4.57 Å². The SMILES string of the molecule is Nc1ncnc2c1ncn2[C@H]1C[C@H](O)[C@@H](COP(=O)(O)O)O1.O.O.O.O.O.O.O.[Na].[Na]. The first-order chi connectivity index (χ1) is 10.3. The zero-order valence-corrected chi connectivity index (χ0v) is 21.6. The van der Waals surface area contributed by atoms with Gasteiger partial charge in [-0.1, -0.05) is 0 Å². The van der Waals surface area contributed by atoms with Crippen LogP contribution in [0.5, 0.6) is 0 Å². The van der Waals surface area contributed by atoms with Crippen LogP contribution < -0.4 is 5.73 Å². The standard InChI is InChI=1S/C10H14N5O6P.2Na.7H2O/c11-9-8-10(13-3-12-9)15(4-14-8)7-1-5(16)6(21-7)2-20-22(17,18)19;;;;;;;;;/h3-7,16H,1-2H2,(H2,11,12,13)(H2,17,18,19);;;7*1H2/t5-,6+,7+;;;;;;;;;/m0........./s1. The van der Waals surface area contributed by atoms with Gasteiger partial charge in [0.25, 0.3) is 0 Å². The number of nitrogens with two attached hydrogens (primary N) is 1. The zero-order chi connectivity index (χ0) is 15.9. The molecule has 1 aliphatic rings. The number of anilines is 1.